The molecule has 0 aliphatic carbocycles. The number of rotatable bonds is 6. The van der Waals surface area contributed by atoms with E-state index >= 15 is 0 Å². The van der Waals surface area contributed by atoms with Crippen molar-refractivity contribution in [1.29, 1.82) is 0 Å². The molecule has 0 heterocycles. The molecule has 2 N–H and O–H groups in total. The Hall–Kier alpha value is -2.38. The third-order valence-corrected chi connectivity index (χ3v) is 4.83. The summed E-state index contributed by atoms with van der Waals surface area (Å²) in [6, 6.07) is 11.8. The Morgan fingerprint density at radius 1 is 1.08 bits per heavy atom. The molecule has 0 bridgehead atoms. The summed E-state index contributed by atoms with van der Waals surface area (Å²) in [7, 11) is -2.25. The maximum Gasteiger partial charge on any atom is 0.241 e. The van der Waals surface area contributed by atoms with Gasteiger partial charge in [-0.05, 0) is 49.7 Å². The van der Waals surface area contributed by atoms with E-state index in [1.165, 1.54) is 19.2 Å². The van der Waals surface area contributed by atoms with Crippen molar-refractivity contribution in [2.75, 3.05) is 19.0 Å². The topological polar surface area (TPSA) is 84.5 Å². The quantitative estimate of drug-likeness (QED) is 0.838. The molecule has 128 valence electrons. The SMILES string of the molecule is COc1ccc(S(=O)(=O)NCC(=O)Nc2ccc(C)cc2)cc1C. The maximum absolute atomic E-state index is 12.3. The van der Waals surface area contributed by atoms with Crippen LogP contribution >= 0.6 is 0 Å². The van der Waals surface area contributed by atoms with Gasteiger partial charge in [0.15, 0.2) is 0 Å². The number of anilines is 1. The van der Waals surface area contributed by atoms with E-state index in [1.807, 2.05) is 19.1 Å². The molecule has 0 aromatic heterocycles. The zero-order chi connectivity index (χ0) is 17.7. The van der Waals surface area contributed by atoms with Crippen LogP contribution < -0.4 is 14.8 Å². The van der Waals surface area contributed by atoms with E-state index in [-0.39, 0.29) is 11.4 Å². The van der Waals surface area contributed by atoms with Gasteiger partial charge in [-0.1, -0.05) is 17.7 Å². The number of carbonyl (C=O) groups excluding carboxylic acids is 1. The van der Waals surface area contributed by atoms with E-state index in [0.29, 0.717) is 17.0 Å². The number of aryl methyl sites for hydroxylation is 2. The fourth-order valence-electron chi connectivity index (χ4n) is 2.10. The fourth-order valence-corrected chi connectivity index (χ4v) is 3.17. The van der Waals surface area contributed by atoms with Crippen molar-refractivity contribution in [3.05, 3.63) is 53.6 Å². The summed E-state index contributed by atoms with van der Waals surface area (Å²) < 4.78 is 31.9. The van der Waals surface area contributed by atoms with E-state index in [1.54, 1.807) is 25.1 Å². The van der Waals surface area contributed by atoms with E-state index < -0.39 is 15.9 Å². The molecule has 0 atom stereocenters. The Morgan fingerprint density at radius 3 is 2.33 bits per heavy atom. The van der Waals surface area contributed by atoms with E-state index in [4.69, 9.17) is 4.74 Å². The van der Waals surface area contributed by atoms with Gasteiger partial charge in [0.1, 0.15) is 5.75 Å². The van der Waals surface area contributed by atoms with Gasteiger partial charge < -0.3 is 10.1 Å². The van der Waals surface area contributed by atoms with Crippen LogP contribution in [0.15, 0.2) is 47.4 Å². The van der Waals surface area contributed by atoms with Gasteiger partial charge in [0, 0.05) is 5.69 Å². The molecule has 7 heteroatoms. The van der Waals surface area contributed by atoms with Gasteiger partial charge in [-0.25, -0.2) is 13.1 Å². The molecule has 1 amide bonds. The molecule has 24 heavy (non-hydrogen) atoms. The zero-order valence-electron chi connectivity index (χ0n) is 13.8. The number of ether oxygens (including phenoxy) is 1. The lowest BCUT2D eigenvalue weighted by molar-refractivity contribution is -0.115. The molecular weight excluding hydrogens is 328 g/mol. The van der Waals surface area contributed by atoms with Crippen molar-refractivity contribution >= 4 is 21.6 Å². The number of methoxy groups -OCH3 is 1. The molecule has 0 spiro atoms. The van der Waals surface area contributed by atoms with Crippen LogP contribution in [0.25, 0.3) is 0 Å². The Bertz CT molecular complexity index is 830. The Balaban J connectivity index is 2.00. The average Bonchev–Trinajstić information content (AvgIpc) is 2.55. The van der Waals surface area contributed by atoms with Gasteiger partial charge in [-0.3, -0.25) is 4.79 Å². The smallest absolute Gasteiger partial charge is 0.241 e. The highest BCUT2D eigenvalue weighted by Crippen LogP contribution is 2.21. The second-order valence-corrected chi connectivity index (χ2v) is 7.14. The van der Waals surface area contributed by atoms with Gasteiger partial charge in [-0.15, -0.1) is 0 Å². The van der Waals surface area contributed by atoms with Crippen molar-refractivity contribution in [2.24, 2.45) is 0 Å². The summed E-state index contributed by atoms with van der Waals surface area (Å²) >= 11 is 0. The van der Waals surface area contributed by atoms with E-state index in [9.17, 15) is 13.2 Å². The molecule has 0 aliphatic heterocycles. The normalized spacial score (nSPS) is 11.1. The first-order chi connectivity index (χ1) is 11.3. The number of carbonyl (C=O) groups is 1. The van der Waals surface area contributed by atoms with Crippen molar-refractivity contribution in [1.82, 2.24) is 4.72 Å². The minimum Gasteiger partial charge on any atom is -0.496 e. The van der Waals surface area contributed by atoms with Crippen LogP contribution in [-0.4, -0.2) is 28.0 Å². The van der Waals surface area contributed by atoms with Crippen LogP contribution in [-0.2, 0) is 14.8 Å². The summed E-state index contributed by atoms with van der Waals surface area (Å²) in [5.74, 6) is 0.165. The van der Waals surface area contributed by atoms with Gasteiger partial charge in [0.2, 0.25) is 15.9 Å². The molecule has 2 rings (SSSR count). The second kappa shape index (κ2) is 7.46. The largest absolute Gasteiger partial charge is 0.496 e. The molecule has 0 aliphatic rings. The summed E-state index contributed by atoms with van der Waals surface area (Å²) in [6.07, 6.45) is 0. The van der Waals surface area contributed by atoms with E-state index in [0.717, 1.165) is 5.56 Å². The molecule has 0 saturated heterocycles. The number of benzene rings is 2. The molecule has 2 aromatic carbocycles. The zero-order valence-corrected chi connectivity index (χ0v) is 14.6. The summed E-state index contributed by atoms with van der Waals surface area (Å²) in [5, 5.41) is 2.64. The molecule has 6 nitrogen and oxygen atoms in total. The average molecular weight is 348 g/mol. The first-order valence-corrected chi connectivity index (χ1v) is 8.81. The molecule has 0 unspecified atom stereocenters. The number of amides is 1. The van der Waals surface area contributed by atoms with Crippen molar-refractivity contribution in [2.45, 2.75) is 18.7 Å². The molecule has 0 fully saturated rings. The van der Waals surface area contributed by atoms with Crippen molar-refractivity contribution < 1.29 is 17.9 Å². The predicted octanol–water partition coefficient (Wildman–Crippen LogP) is 2.23. The van der Waals surface area contributed by atoms with Gasteiger partial charge in [-0.2, -0.15) is 0 Å². The van der Waals surface area contributed by atoms with Crippen LogP contribution in [0.3, 0.4) is 0 Å². The third kappa shape index (κ3) is 4.56. The first kappa shape index (κ1) is 18.0. The summed E-state index contributed by atoms with van der Waals surface area (Å²) in [6.45, 7) is 3.35. The minimum absolute atomic E-state index is 0.0870. The third-order valence-electron chi connectivity index (χ3n) is 3.43. The monoisotopic (exact) mass is 348 g/mol. The number of hydrogen-bond acceptors (Lipinski definition) is 4. The minimum atomic E-state index is -3.77. The van der Waals surface area contributed by atoms with Crippen molar-refractivity contribution in [3.63, 3.8) is 0 Å². The number of sulfonamides is 1. The van der Waals surface area contributed by atoms with Crippen LogP contribution in [0.2, 0.25) is 0 Å². The summed E-state index contributed by atoms with van der Waals surface area (Å²) in [5.41, 5.74) is 2.39. The highest BCUT2D eigenvalue weighted by atomic mass is 32.2. The highest BCUT2D eigenvalue weighted by molar-refractivity contribution is 7.89. The fraction of sp³-hybridized carbons (Fsp3) is 0.235. The molecule has 2 aromatic rings. The maximum atomic E-state index is 12.3. The molecular formula is C17H20N2O4S. The van der Waals surface area contributed by atoms with Gasteiger partial charge >= 0.3 is 0 Å². The van der Waals surface area contributed by atoms with Crippen LogP contribution in [0.4, 0.5) is 5.69 Å². The molecule has 0 saturated carbocycles. The Labute approximate surface area is 141 Å². The highest BCUT2D eigenvalue weighted by Gasteiger charge is 2.16. The van der Waals surface area contributed by atoms with Crippen LogP contribution in [0.5, 0.6) is 5.75 Å². The lowest BCUT2D eigenvalue weighted by atomic mass is 10.2. The standard InChI is InChI=1S/C17H20N2O4S/c1-12-4-6-14(7-5-12)19-17(20)11-18-24(21,22)15-8-9-16(23-3)13(2)10-15/h4-10,18H,11H2,1-3H3,(H,19,20). The lowest BCUT2D eigenvalue weighted by Crippen LogP contribution is -2.32. The predicted molar refractivity (Wildman–Crippen MR) is 92.7 cm³/mol. The van der Waals surface area contributed by atoms with Crippen LogP contribution in [0, 0.1) is 13.8 Å². The van der Waals surface area contributed by atoms with Crippen molar-refractivity contribution in [3.8, 4) is 5.75 Å². The summed E-state index contributed by atoms with van der Waals surface area (Å²) in [4.78, 5) is 12.0. The van der Waals surface area contributed by atoms with Gasteiger partial charge in [0.05, 0.1) is 18.6 Å². The lowest BCUT2D eigenvalue weighted by Gasteiger charge is -2.10. The first-order valence-electron chi connectivity index (χ1n) is 7.32. The van der Waals surface area contributed by atoms with Gasteiger partial charge in [0.25, 0.3) is 0 Å². The molecule has 0 radical (unpaired) electrons. The van der Waals surface area contributed by atoms with Crippen LogP contribution in [0.1, 0.15) is 11.1 Å². The second-order valence-electron chi connectivity index (χ2n) is 5.37. The Kier molecular flexibility index (Phi) is 5.58. The Morgan fingerprint density at radius 2 is 1.75 bits per heavy atom. The number of hydrogen-bond donors (Lipinski definition) is 2. The number of nitrogens with one attached hydrogen (secondary N) is 2. The van der Waals surface area contributed by atoms with E-state index in [2.05, 4.69) is 10.0 Å².